The van der Waals surface area contributed by atoms with Crippen molar-refractivity contribution in [3.63, 3.8) is 0 Å². The van der Waals surface area contributed by atoms with E-state index in [0.717, 1.165) is 30.9 Å². The third-order valence-corrected chi connectivity index (χ3v) is 4.72. The van der Waals surface area contributed by atoms with Crippen molar-refractivity contribution >= 4 is 17.5 Å². The number of anilines is 1. The van der Waals surface area contributed by atoms with Crippen molar-refractivity contribution in [3.05, 3.63) is 70.8 Å². The average molecular weight is 366 g/mol. The Balaban J connectivity index is 1.79. The van der Waals surface area contributed by atoms with Gasteiger partial charge >= 0.3 is 0 Å². The summed E-state index contributed by atoms with van der Waals surface area (Å²) in [5, 5.41) is 9.32. The maximum atomic E-state index is 13.3. The van der Waals surface area contributed by atoms with Crippen molar-refractivity contribution in [3.8, 4) is 6.07 Å². The Hall–Kier alpha value is -3.00. The first-order valence-electron chi connectivity index (χ1n) is 9.05. The quantitative estimate of drug-likeness (QED) is 0.428. The van der Waals surface area contributed by atoms with Gasteiger partial charge in [0, 0.05) is 24.3 Å². The minimum atomic E-state index is -1.11. The molecule has 1 heterocycles. The molecule has 0 bridgehead atoms. The Morgan fingerprint density at radius 3 is 2.22 bits per heavy atom. The van der Waals surface area contributed by atoms with Crippen molar-refractivity contribution in [2.75, 3.05) is 18.0 Å². The predicted molar refractivity (Wildman–Crippen MR) is 101 cm³/mol. The van der Waals surface area contributed by atoms with Gasteiger partial charge < -0.3 is 4.90 Å². The molecule has 1 saturated heterocycles. The van der Waals surface area contributed by atoms with Crippen LogP contribution in [0.1, 0.15) is 41.6 Å². The van der Waals surface area contributed by atoms with E-state index in [1.165, 1.54) is 37.8 Å². The summed E-state index contributed by atoms with van der Waals surface area (Å²) in [6.45, 7) is 2.07. The van der Waals surface area contributed by atoms with Crippen LogP contribution in [0.5, 0.6) is 0 Å². The van der Waals surface area contributed by atoms with E-state index in [2.05, 4.69) is 4.90 Å². The summed E-state index contributed by atoms with van der Waals surface area (Å²) < 4.78 is 26.4. The summed E-state index contributed by atoms with van der Waals surface area (Å²) in [6.07, 6.45) is 6.35. The summed E-state index contributed by atoms with van der Waals surface area (Å²) in [5.74, 6) is -2.77. The van der Waals surface area contributed by atoms with Gasteiger partial charge in [-0.3, -0.25) is 4.79 Å². The number of ketones is 1. The van der Waals surface area contributed by atoms with Gasteiger partial charge in [0.05, 0.1) is 0 Å². The van der Waals surface area contributed by atoms with Crippen LogP contribution in [-0.2, 0) is 0 Å². The highest BCUT2D eigenvalue weighted by molar-refractivity contribution is 6.14. The van der Waals surface area contributed by atoms with Crippen LogP contribution < -0.4 is 4.90 Å². The number of allylic oxidation sites excluding steroid dienone is 1. The van der Waals surface area contributed by atoms with Gasteiger partial charge in [0.15, 0.2) is 11.6 Å². The molecule has 0 amide bonds. The molecule has 0 atom stereocenters. The van der Waals surface area contributed by atoms with E-state index in [0.29, 0.717) is 5.56 Å². The summed E-state index contributed by atoms with van der Waals surface area (Å²) in [7, 11) is 0. The minimum absolute atomic E-state index is 0.0529. The molecule has 0 aliphatic carbocycles. The highest BCUT2D eigenvalue weighted by Gasteiger charge is 2.15. The number of nitrogens with zero attached hydrogens (tertiary/aromatic N) is 2. The molecule has 0 spiro atoms. The number of benzene rings is 2. The molecule has 3 nitrogen and oxygen atoms in total. The molecule has 0 aromatic heterocycles. The van der Waals surface area contributed by atoms with Crippen LogP contribution in [0.3, 0.4) is 0 Å². The van der Waals surface area contributed by atoms with E-state index < -0.39 is 17.4 Å². The van der Waals surface area contributed by atoms with Gasteiger partial charge in [-0.1, -0.05) is 25.0 Å². The molecule has 0 saturated carbocycles. The zero-order valence-electron chi connectivity index (χ0n) is 14.9. The molecule has 1 aliphatic heterocycles. The Kier molecular flexibility index (Phi) is 5.97. The number of nitriles is 1. The second kappa shape index (κ2) is 8.59. The molecule has 0 unspecified atom stereocenters. The predicted octanol–water partition coefficient (Wildman–Crippen LogP) is 5.14. The second-order valence-electron chi connectivity index (χ2n) is 6.62. The molecule has 27 heavy (non-hydrogen) atoms. The highest BCUT2D eigenvalue weighted by atomic mass is 19.2. The topological polar surface area (TPSA) is 44.1 Å². The zero-order chi connectivity index (χ0) is 19.2. The van der Waals surface area contributed by atoms with E-state index in [1.54, 1.807) is 0 Å². The van der Waals surface area contributed by atoms with E-state index >= 15 is 0 Å². The number of rotatable bonds is 4. The lowest BCUT2D eigenvalue weighted by Gasteiger charge is -2.22. The van der Waals surface area contributed by atoms with Crippen LogP contribution in [0.15, 0.2) is 48.0 Å². The van der Waals surface area contributed by atoms with E-state index in [1.807, 2.05) is 30.3 Å². The molecule has 5 heteroatoms. The number of hydrogen-bond acceptors (Lipinski definition) is 3. The number of carbonyl (C=O) groups is 1. The van der Waals surface area contributed by atoms with Gasteiger partial charge in [-0.05, 0) is 54.8 Å². The first-order valence-corrected chi connectivity index (χ1v) is 9.05. The van der Waals surface area contributed by atoms with E-state index in [-0.39, 0.29) is 11.1 Å². The smallest absolute Gasteiger partial charge is 0.203 e. The fourth-order valence-corrected chi connectivity index (χ4v) is 3.22. The largest absolute Gasteiger partial charge is 0.372 e. The Morgan fingerprint density at radius 1 is 0.963 bits per heavy atom. The zero-order valence-corrected chi connectivity index (χ0v) is 14.9. The van der Waals surface area contributed by atoms with E-state index in [4.69, 9.17) is 0 Å². The SMILES string of the molecule is N#C/C(=C/c1ccc(N2CCCCCC2)cc1)C(=O)c1ccc(F)c(F)c1. The summed E-state index contributed by atoms with van der Waals surface area (Å²) in [4.78, 5) is 14.8. The van der Waals surface area contributed by atoms with Gasteiger partial charge in [0.1, 0.15) is 11.6 Å². The third kappa shape index (κ3) is 4.59. The number of hydrogen-bond donors (Lipinski definition) is 0. The van der Waals surface area contributed by atoms with Crippen molar-refractivity contribution < 1.29 is 13.6 Å². The molecule has 0 radical (unpaired) electrons. The summed E-state index contributed by atoms with van der Waals surface area (Å²) in [5.41, 5.74) is 1.66. The summed E-state index contributed by atoms with van der Waals surface area (Å²) in [6, 6.07) is 12.4. The first kappa shape index (κ1) is 18.8. The normalized spacial score (nSPS) is 15.1. The second-order valence-corrected chi connectivity index (χ2v) is 6.62. The number of carbonyl (C=O) groups excluding carboxylic acids is 1. The van der Waals surface area contributed by atoms with Gasteiger partial charge in [0.2, 0.25) is 5.78 Å². The van der Waals surface area contributed by atoms with Gasteiger partial charge in [-0.2, -0.15) is 5.26 Å². The first-order chi connectivity index (χ1) is 13.1. The van der Waals surface area contributed by atoms with Crippen molar-refractivity contribution in [2.24, 2.45) is 0 Å². The standard InChI is InChI=1S/C22H20F2N2O/c23-20-10-7-17(14-21(20)24)22(27)18(15-25)13-16-5-8-19(9-6-16)26-11-3-1-2-4-12-26/h5-10,13-14H,1-4,11-12H2/b18-13-. The fourth-order valence-electron chi connectivity index (χ4n) is 3.22. The lowest BCUT2D eigenvalue weighted by atomic mass is 10.0. The van der Waals surface area contributed by atoms with Crippen LogP contribution in [0.2, 0.25) is 0 Å². The van der Waals surface area contributed by atoms with Gasteiger partial charge in [-0.15, -0.1) is 0 Å². The van der Waals surface area contributed by atoms with Crippen LogP contribution >= 0.6 is 0 Å². The Labute approximate surface area is 157 Å². The van der Waals surface area contributed by atoms with Gasteiger partial charge in [0.25, 0.3) is 0 Å². The monoisotopic (exact) mass is 366 g/mol. The minimum Gasteiger partial charge on any atom is -0.372 e. The molecule has 1 aliphatic rings. The lowest BCUT2D eigenvalue weighted by Crippen LogP contribution is -2.23. The molecule has 3 rings (SSSR count). The number of Topliss-reactive ketones (excluding diaryl/α,β-unsaturated/α-hetero) is 1. The highest BCUT2D eigenvalue weighted by Crippen LogP contribution is 2.21. The molecule has 0 N–H and O–H groups in total. The number of halogens is 2. The van der Waals surface area contributed by atoms with Crippen LogP contribution in [0, 0.1) is 23.0 Å². The van der Waals surface area contributed by atoms with Crippen LogP contribution in [0.25, 0.3) is 6.08 Å². The molecule has 2 aromatic carbocycles. The van der Waals surface area contributed by atoms with Crippen molar-refractivity contribution in [1.82, 2.24) is 0 Å². The van der Waals surface area contributed by atoms with Gasteiger partial charge in [-0.25, -0.2) is 8.78 Å². The third-order valence-electron chi connectivity index (χ3n) is 4.72. The maximum absolute atomic E-state index is 13.3. The molecule has 2 aromatic rings. The van der Waals surface area contributed by atoms with Crippen molar-refractivity contribution in [2.45, 2.75) is 25.7 Å². The van der Waals surface area contributed by atoms with Crippen LogP contribution in [-0.4, -0.2) is 18.9 Å². The Morgan fingerprint density at radius 2 is 1.63 bits per heavy atom. The lowest BCUT2D eigenvalue weighted by molar-refractivity contribution is 0.103. The van der Waals surface area contributed by atoms with Crippen LogP contribution in [0.4, 0.5) is 14.5 Å². The molecular weight excluding hydrogens is 346 g/mol. The Bertz CT molecular complexity index is 890. The fraction of sp³-hybridized carbons (Fsp3) is 0.273. The molecule has 138 valence electrons. The summed E-state index contributed by atoms with van der Waals surface area (Å²) >= 11 is 0. The van der Waals surface area contributed by atoms with Crippen molar-refractivity contribution in [1.29, 1.82) is 5.26 Å². The maximum Gasteiger partial charge on any atom is 0.203 e. The van der Waals surface area contributed by atoms with E-state index in [9.17, 15) is 18.8 Å². The molecular formula is C22H20F2N2O. The molecule has 1 fully saturated rings. The average Bonchev–Trinajstić information content (AvgIpc) is 2.98.